The first-order valence-electron chi connectivity index (χ1n) is 10.0. The zero-order valence-corrected chi connectivity index (χ0v) is 18.8. The molecule has 3 rings (SSSR count). The predicted molar refractivity (Wildman–Crippen MR) is 114 cm³/mol. The normalized spacial score (nSPS) is 15.1. The van der Waals surface area contributed by atoms with Gasteiger partial charge in [-0.15, -0.1) is 0 Å². The molecule has 0 saturated carbocycles. The molecule has 1 fully saturated rings. The van der Waals surface area contributed by atoms with Crippen LogP contribution in [0.25, 0.3) is 0 Å². The quantitative estimate of drug-likeness (QED) is 0.709. The first-order valence-corrected chi connectivity index (χ1v) is 11.9. The summed E-state index contributed by atoms with van der Waals surface area (Å²) in [5.41, 5.74) is 1.31. The van der Waals surface area contributed by atoms with E-state index in [1.807, 2.05) is 20.8 Å². The number of nitrogens with one attached hydrogen (secondary N) is 1. The summed E-state index contributed by atoms with van der Waals surface area (Å²) in [4.78, 5) is 26.2. The number of ether oxygens (including phenoxy) is 2. The summed E-state index contributed by atoms with van der Waals surface area (Å²) in [5.74, 6) is 0.998. The third-order valence-electron chi connectivity index (χ3n) is 4.73. The summed E-state index contributed by atoms with van der Waals surface area (Å²) in [7, 11) is -3.36. The smallest absolute Gasteiger partial charge is 0.410 e. The number of amides is 1. The van der Waals surface area contributed by atoms with Gasteiger partial charge in [0, 0.05) is 32.2 Å². The lowest BCUT2D eigenvalue weighted by atomic mass is 10.1. The number of rotatable bonds is 6. The van der Waals surface area contributed by atoms with E-state index in [0.29, 0.717) is 43.3 Å². The third-order valence-corrected chi connectivity index (χ3v) is 5.73. The Kier molecular flexibility index (Phi) is 6.94. The molecule has 1 aliphatic rings. The molecule has 1 amide bonds. The Labute approximate surface area is 181 Å². The minimum atomic E-state index is -3.36. The van der Waals surface area contributed by atoms with Crippen LogP contribution in [0.1, 0.15) is 32.3 Å². The van der Waals surface area contributed by atoms with Crippen LogP contribution in [-0.2, 0) is 14.6 Å². The molecule has 2 aromatic heterocycles. The van der Waals surface area contributed by atoms with Gasteiger partial charge in [0.2, 0.25) is 5.88 Å². The van der Waals surface area contributed by atoms with Crippen LogP contribution in [0.5, 0.6) is 5.88 Å². The molecule has 0 unspecified atom stereocenters. The van der Waals surface area contributed by atoms with Gasteiger partial charge in [-0.05, 0) is 32.9 Å². The van der Waals surface area contributed by atoms with Crippen LogP contribution in [-0.4, -0.2) is 65.9 Å². The summed E-state index contributed by atoms with van der Waals surface area (Å²) >= 11 is 0. The number of nitrogens with zero attached hydrogens (tertiary/aromatic N) is 4. The fraction of sp³-hybridized carbons (Fsp3) is 0.500. The van der Waals surface area contributed by atoms with Crippen molar-refractivity contribution in [2.24, 2.45) is 0 Å². The second-order valence-corrected chi connectivity index (χ2v) is 9.63. The van der Waals surface area contributed by atoms with Crippen LogP contribution >= 0.6 is 0 Å². The van der Waals surface area contributed by atoms with Gasteiger partial charge in [-0.25, -0.2) is 28.2 Å². The molecular formula is C20H27N5O5S. The molecule has 1 saturated heterocycles. The standard InChI is InChI=1S/C20H27N5O5S/c1-13(2)29-20(26)25-9-7-16(8-10-25)30-19-14(3)18(22-12-23-19)24-15-5-6-17(21-11-15)31(4,27)28/h5-6,11-13,16H,7-10H2,1-4H3,(H,22,23,24). The molecular weight excluding hydrogens is 422 g/mol. The molecule has 0 bridgehead atoms. The Morgan fingerprint density at radius 2 is 1.90 bits per heavy atom. The van der Waals surface area contributed by atoms with Crippen LogP contribution < -0.4 is 10.1 Å². The van der Waals surface area contributed by atoms with Crippen molar-refractivity contribution in [3.05, 3.63) is 30.2 Å². The Hall–Kier alpha value is -2.95. The Morgan fingerprint density at radius 3 is 2.48 bits per heavy atom. The summed E-state index contributed by atoms with van der Waals surface area (Å²) in [6, 6.07) is 3.06. The van der Waals surface area contributed by atoms with Gasteiger partial charge < -0.3 is 19.7 Å². The van der Waals surface area contributed by atoms with Crippen LogP contribution in [0.2, 0.25) is 0 Å². The van der Waals surface area contributed by atoms with E-state index < -0.39 is 9.84 Å². The van der Waals surface area contributed by atoms with Gasteiger partial charge in [-0.2, -0.15) is 0 Å². The number of anilines is 2. The zero-order chi connectivity index (χ0) is 22.6. The van der Waals surface area contributed by atoms with Gasteiger partial charge in [-0.1, -0.05) is 0 Å². The number of sulfone groups is 1. The lowest BCUT2D eigenvalue weighted by Crippen LogP contribution is -2.42. The largest absolute Gasteiger partial charge is 0.474 e. The van der Waals surface area contributed by atoms with E-state index in [2.05, 4.69) is 20.3 Å². The summed E-state index contributed by atoms with van der Waals surface area (Å²) in [6.45, 7) is 6.61. The van der Waals surface area contributed by atoms with E-state index in [1.165, 1.54) is 18.6 Å². The van der Waals surface area contributed by atoms with Gasteiger partial charge in [0.1, 0.15) is 18.2 Å². The lowest BCUT2D eigenvalue weighted by Gasteiger charge is -2.32. The molecule has 0 spiro atoms. The highest BCUT2D eigenvalue weighted by molar-refractivity contribution is 7.90. The van der Waals surface area contributed by atoms with Gasteiger partial charge in [0.05, 0.1) is 23.6 Å². The topological polar surface area (TPSA) is 124 Å². The number of hydrogen-bond acceptors (Lipinski definition) is 9. The Balaban J connectivity index is 1.62. The number of pyridine rings is 1. The van der Waals surface area contributed by atoms with Crippen LogP contribution in [0.15, 0.2) is 29.7 Å². The van der Waals surface area contributed by atoms with Crippen molar-refractivity contribution in [1.82, 2.24) is 19.9 Å². The average Bonchev–Trinajstić information content (AvgIpc) is 2.71. The molecule has 168 valence electrons. The van der Waals surface area contributed by atoms with Crippen LogP contribution in [0.4, 0.5) is 16.3 Å². The summed E-state index contributed by atoms with van der Waals surface area (Å²) < 4.78 is 34.4. The SMILES string of the molecule is Cc1c(Nc2ccc(S(C)(=O)=O)nc2)ncnc1OC1CCN(C(=O)OC(C)C)CC1. The molecule has 0 aromatic carbocycles. The van der Waals surface area contributed by atoms with E-state index in [0.717, 1.165) is 11.8 Å². The van der Waals surface area contributed by atoms with Gasteiger partial charge in [0.15, 0.2) is 14.9 Å². The van der Waals surface area contributed by atoms with E-state index in [9.17, 15) is 13.2 Å². The molecule has 3 heterocycles. The number of piperidine rings is 1. The van der Waals surface area contributed by atoms with Gasteiger partial charge in [0.25, 0.3) is 0 Å². The summed E-state index contributed by atoms with van der Waals surface area (Å²) in [6.07, 6.45) is 4.79. The van der Waals surface area contributed by atoms with Gasteiger partial charge >= 0.3 is 6.09 Å². The molecule has 0 radical (unpaired) electrons. The molecule has 1 N–H and O–H groups in total. The fourth-order valence-electron chi connectivity index (χ4n) is 3.08. The number of hydrogen-bond donors (Lipinski definition) is 1. The molecule has 31 heavy (non-hydrogen) atoms. The van der Waals surface area contributed by atoms with E-state index in [1.54, 1.807) is 11.0 Å². The van der Waals surface area contributed by atoms with Crippen molar-refractivity contribution in [3.63, 3.8) is 0 Å². The van der Waals surface area contributed by atoms with Crippen molar-refractivity contribution in [1.29, 1.82) is 0 Å². The first-order chi connectivity index (χ1) is 14.6. The minimum Gasteiger partial charge on any atom is -0.474 e. The highest BCUT2D eigenvalue weighted by Crippen LogP contribution is 2.26. The first kappa shape index (κ1) is 22.7. The third kappa shape index (κ3) is 6.03. The zero-order valence-electron chi connectivity index (χ0n) is 18.0. The maximum absolute atomic E-state index is 12.0. The van der Waals surface area contributed by atoms with Gasteiger partial charge in [-0.3, -0.25) is 0 Å². The molecule has 10 nitrogen and oxygen atoms in total. The van der Waals surface area contributed by atoms with Crippen molar-refractivity contribution >= 4 is 27.4 Å². The average molecular weight is 450 g/mol. The highest BCUT2D eigenvalue weighted by atomic mass is 32.2. The molecule has 1 aliphatic heterocycles. The summed E-state index contributed by atoms with van der Waals surface area (Å²) in [5, 5.41) is 3.12. The molecule has 2 aromatic rings. The second kappa shape index (κ2) is 9.46. The maximum atomic E-state index is 12.0. The van der Waals surface area contributed by atoms with Crippen molar-refractivity contribution in [3.8, 4) is 5.88 Å². The lowest BCUT2D eigenvalue weighted by molar-refractivity contribution is 0.0505. The maximum Gasteiger partial charge on any atom is 0.410 e. The Morgan fingerprint density at radius 1 is 1.19 bits per heavy atom. The number of carbonyl (C=O) groups is 1. The minimum absolute atomic E-state index is 0.00472. The Bertz CT molecular complexity index is 1020. The highest BCUT2D eigenvalue weighted by Gasteiger charge is 2.26. The number of likely N-dealkylation sites (tertiary alicyclic amines) is 1. The molecule has 11 heteroatoms. The monoisotopic (exact) mass is 449 g/mol. The molecule has 0 aliphatic carbocycles. The van der Waals surface area contributed by atoms with Crippen molar-refractivity contribution in [2.45, 2.75) is 50.8 Å². The predicted octanol–water partition coefficient (Wildman–Crippen LogP) is 2.72. The van der Waals surface area contributed by atoms with Crippen molar-refractivity contribution < 1.29 is 22.7 Å². The number of aromatic nitrogens is 3. The van der Waals surface area contributed by atoms with Crippen LogP contribution in [0.3, 0.4) is 0 Å². The van der Waals surface area contributed by atoms with Crippen molar-refractivity contribution in [2.75, 3.05) is 24.7 Å². The van der Waals surface area contributed by atoms with Crippen LogP contribution in [0, 0.1) is 6.92 Å². The second-order valence-electron chi connectivity index (χ2n) is 7.67. The molecule has 0 atom stereocenters. The number of carbonyl (C=O) groups excluding carboxylic acids is 1. The van der Waals surface area contributed by atoms with E-state index >= 15 is 0 Å². The fourth-order valence-corrected chi connectivity index (χ4v) is 3.64. The van der Waals surface area contributed by atoms with E-state index in [4.69, 9.17) is 9.47 Å². The van der Waals surface area contributed by atoms with E-state index in [-0.39, 0.29) is 23.3 Å².